The van der Waals surface area contributed by atoms with Crippen LogP contribution in [0.15, 0.2) is 41.0 Å². The van der Waals surface area contributed by atoms with E-state index >= 15 is 0 Å². The summed E-state index contributed by atoms with van der Waals surface area (Å²) in [6.45, 7) is 0. The van der Waals surface area contributed by atoms with Crippen LogP contribution in [0.2, 0.25) is 0 Å². The quantitative estimate of drug-likeness (QED) is 0.522. The molecule has 0 N–H and O–H groups in total. The minimum absolute atomic E-state index is 0.132. The van der Waals surface area contributed by atoms with Gasteiger partial charge in [-0.2, -0.15) is 0 Å². The molecule has 2 aromatic carbocycles. The van der Waals surface area contributed by atoms with Gasteiger partial charge in [-0.1, -0.05) is 0 Å². The Morgan fingerprint density at radius 2 is 1.48 bits per heavy atom. The molecule has 8 heteroatoms. The molecule has 0 amide bonds. The summed E-state index contributed by atoms with van der Waals surface area (Å²) in [4.78, 5) is 16.7. The number of rotatable bonds is 7. The number of benzene rings is 2. The molecule has 2 aromatic rings. The number of cyclic esters (lactones) is 1. The topological polar surface area (TPSA) is 84.8 Å². The summed E-state index contributed by atoms with van der Waals surface area (Å²) in [6, 6.07) is 8.56. The zero-order valence-corrected chi connectivity index (χ0v) is 16.8. The van der Waals surface area contributed by atoms with Crippen LogP contribution in [-0.4, -0.2) is 47.4 Å². The van der Waals surface area contributed by atoms with Crippen molar-refractivity contribution in [2.75, 3.05) is 35.5 Å². The molecule has 1 aliphatic rings. The van der Waals surface area contributed by atoms with Gasteiger partial charge in [0.05, 0.1) is 35.5 Å². The van der Waals surface area contributed by atoms with Gasteiger partial charge in [0.1, 0.15) is 11.5 Å². The Labute approximate surface area is 168 Å². The van der Waals surface area contributed by atoms with E-state index in [4.69, 9.17) is 28.4 Å². The molecule has 3 rings (SSSR count). The van der Waals surface area contributed by atoms with E-state index in [1.807, 2.05) is 0 Å². The Morgan fingerprint density at radius 1 is 0.828 bits per heavy atom. The van der Waals surface area contributed by atoms with Gasteiger partial charge >= 0.3 is 5.97 Å². The maximum atomic E-state index is 12.4. The molecular formula is C21H21NO7. The van der Waals surface area contributed by atoms with E-state index in [0.717, 1.165) is 0 Å². The molecule has 0 bridgehead atoms. The summed E-state index contributed by atoms with van der Waals surface area (Å²) in [5.74, 6) is 2.02. The van der Waals surface area contributed by atoms with Crippen molar-refractivity contribution in [3.05, 3.63) is 47.2 Å². The van der Waals surface area contributed by atoms with Crippen molar-refractivity contribution in [2.45, 2.75) is 0 Å². The molecule has 0 fully saturated rings. The van der Waals surface area contributed by atoms with Gasteiger partial charge in [0, 0.05) is 17.2 Å². The lowest BCUT2D eigenvalue weighted by atomic mass is 10.1. The van der Waals surface area contributed by atoms with Crippen LogP contribution in [0, 0.1) is 0 Å². The number of methoxy groups -OCH3 is 5. The number of nitrogens with zero attached hydrogens (tertiary/aromatic N) is 1. The third-order valence-corrected chi connectivity index (χ3v) is 4.27. The largest absolute Gasteiger partial charge is 0.497 e. The molecule has 8 nitrogen and oxygen atoms in total. The number of hydrogen-bond donors (Lipinski definition) is 0. The van der Waals surface area contributed by atoms with Gasteiger partial charge in [-0.05, 0) is 30.3 Å². The first-order valence-electron chi connectivity index (χ1n) is 8.59. The van der Waals surface area contributed by atoms with Crippen LogP contribution in [0.1, 0.15) is 11.1 Å². The normalized spacial score (nSPS) is 14.3. The van der Waals surface area contributed by atoms with E-state index in [-0.39, 0.29) is 11.6 Å². The third-order valence-electron chi connectivity index (χ3n) is 4.27. The van der Waals surface area contributed by atoms with Gasteiger partial charge in [0.2, 0.25) is 11.6 Å². The van der Waals surface area contributed by atoms with E-state index < -0.39 is 5.97 Å². The minimum Gasteiger partial charge on any atom is -0.497 e. The van der Waals surface area contributed by atoms with Crippen molar-refractivity contribution in [3.8, 4) is 28.7 Å². The van der Waals surface area contributed by atoms with Crippen LogP contribution in [0.3, 0.4) is 0 Å². The summed E-state index contributed by atoms with van der Waals surface area (Å²) < 4.78 is 31.9. The molecule has 0 saturated carbocycles. The second-order valence-electron chi connectivity index (χ2n) is 5.86. The van der Waals surface area contributed by atoms with Crippen molar-refractivity contribution in [2.24, 2.45) is 4.99 Å². The number of carbonyl (C=O) groups excluding carboxylic acids is 1. The van der Waals surface area contributed by atoms with Crippen LogP contribution in [-0.2, 0) is 9.53 Å². The molecule has 0 spiro atoms. The second kappa shape index (κ2) is 8.55. The predicted octanol–water partition coefficient (Wildman–Crippen LogP) is 3.07. The van der Waals surface area contributed by atoms with Gasteiger partial charge in [0.25, 0.3) is 0 Å². The Hall–Kier alpha value is -3.68. The van der Waals surface area contributed by atoms with Crippen molar-refractivity contribution in [3.63, 3.8) is 0 Å². The lowest BCUT2D eigenvalue weighted by molar-refractivity contribution is -0.129. The smallest absolute Gasteiger partial charge is 0.363 e. The minimum atomic E-state index is -0.577. The molecular weight excluding hydrogens is 378 g/mol. The summed E-state index contributed by atoms with van der Waals surface area (Å²) in [5, 5.41) is 0. The molecule has 0 radical (unpaired) electrons. The molecule has 0 saturated heterocycles. The number of esters is 1. The predicted molar refractivity (Wildman–Crippen MR) is 106 cm³/mol. The lowest BCUT2D eigenvalue weighted by Crippen LogP contribution is -2.07. The fourth-order valence-electron chi connectivity index (χ4n) is 2.82. The average molecular weight is 399 g/mol. The monoisotopic (exact) mass is 399 g/mol. The maximum Gasteiger partial charge on any atom is 0.363 e. The highest BCUT2D eigenvalue weighted by Gasteiger charge is 2.27. The van der Waals surface area contributed by atoms with Crippen molar-refractivity contribution >= 4 is 17.9 Å². The molecule has 152 valence electrons. The number of ether oxygens (including phenoxy) is 6. The molecule has 0 aromatic heterocycles. The van der Waals surface area contributed by atoms with Gasteiger partial charge in [-0.15, -0.1) is 0 Å². The van der Waals surface area contributed by atoms with Crippen LogP contribution >= 0.6 is 0 Å². The van der Waals surface area contributed by atoms with Gasteiger partial charge in [0.15, 0.2) is 17.2 Å². The van der Waals surface area contributed by atoms with E-state index in [1.54, 1.807) is 43.5 Å². The lowest BCUT2D eigenvalue weighted by Gasteiger charge is -2.13. The number of hydrogen-bond acceptors (Lipinski definition) is 8. The molecule has 0 atom stereocenters. The van der Waals surface area contributed by atoms with E-state index in [1.165, 1.54) is 28.4 Å². The fourth-order valence-corrected chi connectivity index (χ4v) is 2.82. The van der Waals surface area contributed by atoms with E-state index in [0.29, 0.717) is 39.9 Å². The first-order valence-corrected chi connectivity index (χ1v) is 8.59. The molecule has 0 unspecified atom stereocenters. The van der Waals surface area contributed by atoms with Crippen molar-refractivity contribution in [1.82, 2.24) is 0 Å². The molecule has 1 heterocycles. The number of aliphatic imine (C=N–C) groups is 1. The summed E-state index contributed by atoms with van der Waals surface area (Å²) >= 11 is 0. The highest BCUT2D eigenvalue weighted by atomic mass is 16.6. The Kier molecular flexibility index (Phi) is 5.92. The zero-order valence-electron chi connectivity index (χ0n) is 16.8. The molecule has 29 heavy (non-hydrogen) atoms. The van der Waals surface area contributed by atoms with Gasteiger partial charge in [-0.3, -0.25) is 0 Å². The average Bonchev–Trinajstić information content (AvgIpc) is 3.12. The standard InChI is InChI=1S/C21H21NO7/c1-24-14-7-6-12(16(11-14)25-2)8-15-21(23)29-20(22-15)13-9-17(26-3)19(28-5)18(10-13)27-4/h6-11H,1-5H3. The molecule has 0 aliphatic carbocycles. The SMILES string of the molecule is COc1ccc(C=C2N=C(c3cc(OC)c(OC)c(OC)c3)OC2=O)c(OC)c1. The van der Waals surface area contributed by atoms with Crippen LogP contribution in [0.4, 0.5) is 0 Å². The fraction of sp³-hybridized carbons (Fsp3) is 0.238. The zero-order chi connectivity index (χ0) is 21.0. The van der Waals surface area contributed by atoms with Gasteiger partial charge in [-0.25, -0.2) is 9.79 Å². The van der Waals surface area contributed by atoms with Crippen LogP contribution < -0.4 is 23.7 Å². The van der Waals surface area contributed by atoms with Crippen molar-refractivity contribution < 1.29 is 33.2 Å². The first-order chi connectivity index (χ1) is 14.0. The van der Waals surface area contributed by atoms with E-state index in [2.05, 4.69) is 4.99 Å². The second-order valence-corrected chi connectivity index (χ2v) is 5.86. The summed E-state index contributed by atoms with van der Waals surface area (Å²) in [6.07, 6.45) is 1.59. The molecule has 1 aliphatic heterocycles. The highest BCUT2D eigenvalue weighted by molar-refractivity contribution is 6.13. The highest BCUT2D eigenvalue weighted by Crippen LogP contribution is 2.39. The third kappa shape index (κ3) is 3.96. The summed E-state index contributed by atoms with van der Waals surface area (Å²) in [7, 11) is 7.62. The van der Waals surface area contributed by atoms with Crippen LogP contribution in [0.5, 0.6) is 28.7 Å². The summed E-state index contributed by atoms with van der Waals surface area (Å²) in [5.41, 5.74) is 1.31. The van der Waals surface area contributed by atoms with E-state index in [9.17, 15) is 4.79 Å². The maximum absolute atomic E-state index is 12.4. The van der Waals surface area contributed by atoms with Crippen LogP contribution in [0.25, 0.3) is 6.08 Å². The Morgan fingerprint density at radius 3 is 2.03 bits per heavy atom. The Bertz CT molecular complexity index is 970. The van der Waals surface area contributed by atoms with Crippen molar-refractivity contribution in [1.29, 1.82) is 0 Å². The van der Waals surface area contributed by atoms with Gasteiger partial charge < -0.3 is 28.4 Å². The Balaban J connectivity index is 2.02. The number of carbonyl (C=O) groups is 1. The first kappa shape index (κ1) is 20.1.